The number of rotatable bonds is 6. The molecule has 1 amide bonds. The molecular weight excluding hydrogens is 321 g/mol. The summed E-state index contributed by atoms with van der Waals surface area (Å²) < 4.78 is 18.4. The quantitative estimate of drug-likeness (QED) is 0.851. The molecule has 4 nitrogen and oxygen atoms in total. The number of hydrogen-bond donors (Lipinski definition) is 2. The van der Waals surface area contributed by atoms with Crippen LogP contribution < -0.4 is 5.32 Å². The lowest BCUT2D eigenvalue weighted by atomic mass is 10.1. The molecular formula is C17H17ClFNO3. The van der Waals surface area contributed by atoms with E-state index in [1.165, 1.54) is 12.1 Å². The topological polar surface area (TPSA) is 58.6 Å². The number of aliphatic hydroxyl groups excluding tert-OH is 1. The number of nitrogens with one attached hydrogen (secondary N) is 1. The SMILES string of the molecule is COCc1cccc(C(=O)NC[C@H](O)c2ccc(Cl)c(F)c2)c1. The van der Waals surface area contributed by atoms with E-state index in [0.717, 1.165) is 11.6 Å². The first-order valence-electron chi connectivity index (χ1n) is 7.00. The van der Waals surface area contributed by atoms with Gasteiger partial charge in [0, 0.05) is 19.2 Å². The van der Waals surface area contributed by atoms with Crippen molar-refractivity contribution in [2.75, 3.05) is 13.7 Å². The fourth-order valence-electron chi connectivity index (χ4n) is 2.10. The van der Waals surface area contributed by atoms with E-state index >= 15 is 0 Å². The molecule has 1 atom stereocenters. The van der Waals surface area contributed by atoms with E-state index in [2.05, 4.69) is 5.32 Å². The van der Waals surface area contributed by atoms with E-state index in [4.69, 9.17) is 16.3 Å². The second-order valence-corrected chi connectivity index (χ2v) is 5.44. The zero-order valence-electron chi connectivity index (χ0n) is 12.6. The lowest BCUT2D eigenvalue weighted by Crippen LogP contribution is -2.28. The van der Waals surface area contributed by atoms with Gasteiger partial charge in [0.15, 0.2) is 0 Å². The van der Waals surface area contributed by atoms with E-state index < -0.39 is 11.9 Å². The molecule has 2 rings (SSSR count). The van der Waals surface area contributed by atoms with Gasteiger partial charge in [0.2, 0.25) is 0 Å². The van der Waals surface area contributed by atoms with Gasteiger partial charge >= 0.3 is 0 Å². The van der Waals surface area contributed by atoms with E-state index in [9.17, 15) is 14.3 Å². The van der Waals surface area contributed by atoms with Gasteiger partial charge in [0.1, 0.15) is 5.82 Å². The summed E-state index contributed by atoms with van der Waals surface area (Å²) in [5.41, 5.74) is 1.69. The number of benzene rings is 2. The van der Waals surface area contributed by atoms with E-state index in [0.29, 0.717) is 17.7 Å². The maximum Gasteiger partial charge on any atom is 0.251 e. The fourth-order valence-corrected chi connectivity index (χ4v) is 2.22. The molecule has 0 aliphatic rings. The Kier molecular flexibility index (Phi) is 6.10. The predicted molar refractivity (Wildman–Crippen MR) is 85.9 cm³/mol. The Morgan fingerprint density at radius 3 is 2.83 bits per heavy atom. The number of halogens is 2. The number of ether oxygens (including phenoxy) is 1. The van der Waals surface area contributed by atoms with Crippen LogP contribution in [0, 0.1) is 5.82 Å². The van der Waals surface area contributed by atoms with Gasteiger partial charge in [-0.1, -0.05) is 29.8 Å². The van der Waals surface area contributed by atoms with Crippen LogP contribution in [0.25, 0.3) is 0 Å². The van der Waals surface area contributed by atoms with Crippen molar-refractivity contribution in [3.05, 3.63) is 70.0 Å². The summed E-state index contributed by atoms with van der Waals surface area (Å²) in [4.78, 5) is 12.1. The zero-order valence-corrected chi connectivity index (χ0v) is 13.3. The monoisotopic (exact) mass is 337 g/mol. The van der Waals surface area contributed by atoms with E-state index in [1.807, 2.05) is 6.07 Å². The Morgan fingerprint density at radius 1 is 1.35 bits per heavy atom. The van der Waals surface area contributed by atoms with Gasteiger partial charge in [-0.3, -0.25) is 4.79 Å². The first kappa shape index (κ1) is 17.4. The van der Waals surface area contributed by atoms with Crippen LogP contribution >= 0.6 is 11.6 Å². The normalized spacial score (nSPS) is 12.0. The molecule has 0 fully saturated rings. The number of aliphatic hydroxyl groups is 1. The maximum atomic E-state index is 13.4. The molecule has 0 aromatic heterocycles. The average Bonchev–Trinajstić information content (AvgIpc) is 2.55. The minimum absolute atomic E-state index is 0.0139. The average molecular weight is 338 g/mol. The third kappa shape index (κ3) is 4.76. The molecule has 0 saturated carbocycles. The molecule has 23 heavy (non-hydrogen) atoms. The van der Waals surface area contributed by atoms with Crippen molar-refractivity contribution in [3.63, 3.8) is 0 Å². The van der Waals surface area contributed by atoms with Crippen LogP contribution in [0.3, 0.4) is 0 Å². The first-order chi connectivity index (χ1) is 11.0. The van der Waals surface area contributed by atoms with Crippen molar-refractivity contribution >= 4 is 17.5 Å². The van der Waals surface area contributed by atoms with Gasteiger partial charge in [0.25, 0.3) is 5.91 Å². The highest BCUT2D eigenvalue weighted by molar-refractivity contribution is 6.30. The molecule has 0 radical (unpaired) electrons. The molecule has 0 spiro atoms. The Bertz CT molecular complexity index is 693. The lowest BCUT2D eigenvalue weighted by Gasteiger charge is -2.13. The largest absolute Gasteiger partial charge is 0.387 e. The molecule has 2 N–H and O–H groups in total. The molecule has 0 unspecified atom stereocenters. The standard InChI is InChI=1S/C17H17ClFNO3/c1-23-10-11-3-2-4-13(7-11)17(22)20-9-16(21)12-5-6-14(18)15(19)8-12/h2-8,16,21H,9-10H2,1H3,(H,20,22)/t16-/m0/s1. The highest BCUT2D eigenvalue weighted by Crippen LogP contribution is 2.20. The molecule has 0 saturated heterocycles. The first-order valence-corrected chi connectivity index (χ1v) is 7.38. The number of hydrogen-bond acceptors (Lipinski definition) is 3. The van der Waals surface area contributed by atoms with Gasteiger partial charge in [-0.05, 0) is 35.4 Å². The van der Waals surface area contributed by atoms with Crippen LogP contribution in [0.1, 0.15) is 27.6 Å². The zero-order chi connectivity index (χ0) is 16.8. The lowest BCUT2D eigenvalue weighted by molar-refractivity contribution is 0.0916. The van der Waals surface area contributed by atoms with Crippen LogP contribution in [-0.4, -0.2) is 24.7 Å². The number of carbonyl (C=O) groups is 1. The Hall–Kier alpha value is -1.95. The molecule has 0 aliphatic heterocycles. The van der Waals surface area contributed by atoms with Crippen molar-refractivity contribution in [2.24, 2.45) is 0 Å². The third-order valence-corrected chi connectivity index (χ3v) is 3.59. The number of methoxy groups -OCH3 is 1. The Labute approximate surface area is 138 Å². The Morgan fingerprint density at radius 2 is 2.13 bits per heavy atom. The predicted octanol–water partition coefficient (Wildman–Crippen LogP) is 3.09. The van der Waals surface area contributed by atoms with Crippen LogP contribution in [0.4, 0.5) is 4.39 Å². The van der Waals surface area contributed by atoms with E-state index in [1.54, 1.807) is 25.3 Å². The van der Waals surface area contributed by atoms with Crippen LogP contribution in [0.2, 0.25) is 5.02 Å². The Balaban J connectivity index is 1.98. The van der Waals surface area contributed by atoms with Crippen LogP contribution in [-0.2, 0) is 11.3 Å². The molecule has 2 aromatic carbocycles. The number of carbonyl (C=O) groups excluding carboxylic acids is 1. The number of amides is 1. The highest BCUT2D eigenvalue weighted by atomic mass is 35.5. The second-order valence-electron chi connectivity index (χ2n) is 5.03. The molecule has 0 bridgehead atoms. The molecule has 6 heteroatoms. The summed E-state index contributed by atoms with van der Waals surface area (Å²) in [6.45, 7) is 0.377. The molecule has 2 aromatic rings. The minimum atomic E-state index is -1.02. The van der Waals surface area contributed by atoms with Crippen molar-refractivity contribution in [1.29, 1.82) is 0 Å². The van der Waals surface area contributed by atoms with Gasteiger partial charge < -0.3 is 15.2 Å². The molecule has 0 heterocycles. The maximum absolute atomic E-state index is 13.4. The van der Waals surface area contributed by atoms with Crippen molar-refractivity contribution < 1.29 is 19.0 Å². The van der Waals surface area contributed by atoms with Gasteiger partial charge in [-0.2, -0.15) is 0 Å². The summed E-state index contributed by atoms with van der Waals surface area (Å²) in [7, 11) is 1.58. The van der Waals surface area contributed by atoms with Crippen molar-refractivity contribution in [2.45, 2.75) is 12.7 Å². The van der Waals surface area contributed by atoms with E-state index in [-0.39, 0.29) is 17.5 Å². The summed E-state index contributed by atoms with van der Waals surface area (Å²) in [6.07, 6.45) is -1.02. The summed E-state index contributed by atoms with van der Waals surface area (Å²) in [5, 5.41) is 12.6. The van der Waals surface area contributed by atoms with Gasteiger partial charge in [-0.15, -0.1) is 0 Å². The summed E-state index contributed by atoms with van der Waals surface area (Å²) >= 11 is 5.60. The van der Waals surface area contributed by atoms with Gasteiger partial charge in [0.05, 0.1) is 17.7 Å². The smallest absolute Gasteiger partial charge is 0.251 e. The van der Waals surface area contributed by atoms with Crippen molar-refractivity contribution in [3.8, 4) is 0 Å². The second kappa shape index (κ2) is 8.06. The van der Waals surface area contributed by atoms with Crippen LogP contribution in [0.15, 0.2) is 42.5 Å². The fraction of sp³-hybridized carbons (Fsp3) is 0.235. The van der Waals surface area contributed by atoms with Gasteiger partial charge in [-0.25, -0.2) is 4.39 Å². The molecule has 0 aliphatic carbocycles. The summed E-state index contributed by atoms with van der Waals surface area (Å²) in [6, 6.07) is 11.0. The highest BCUT2D eigenvalue weighted by Gasteiger charge is 2.13. The minimum Gasteiger partial charge on any atom is -0.387 e. The summed E-state index contributed by atoms with van der Waals surface area (Å²) in [5.74, 6) is -0.932. The third-order valence-electron chi connectivity index (χ3n) is 3.28. The molecule has 122 valence electrons. The van der Waals surface area contributed by atoms with Crippen molar-refractivity contribution in [1.82, 2.24) is 5.32 Å². The van der Waals surface area contributed by atoms with Crippen LogP contribution in [0.5, 0.6) is 0 Å².